The molecule has 0 aliphatic carbocycles. The predicted octanol–water partition coefficient (Wildman–Crippen LogP) is 0.685. The van der Waals surface area contributed by atoms with Gasteiger partial charge < -0.3 is 4.90 Å². The van der Waals surface area contributed by atoms with Gasteiger partial charge >= 0.3 is 0 Å². The van der Waals surface area contributed by atoms with E-state index in [1.54, 1.807) is 4.90 Å². The highest BCUT2D eigenvalue weighted by Gasteiger charge is 2.32. The molecule has 1 amide bonds. The van der Waals surface area contributed by atoms with Gasteiger partial charge in [-0.1, -0.05) is 0 Å². The highest BCUT2D eigenvalue weighted by atomic mass is 32.2. The number of aryl methyl sites for hydroxylation is 2. The van der Waals surface area contributed by atoms with Crippen molar-refractivity contribution < 1.29 is 17.6 Å². The van der Waals surface area contributed by atoms with Crippen molar-refractivity contribution in [2.24, 2.45) is 0 Å². The van der Waals surface area contributed by atoms with Gasteiger partial charge in [0.05, 0.1) is 10.5 Å². The third kappa shape index (κ3) is 3.66. The van der Waals surface area contributed by atoms with Gasteiger partial charge in [0.15, 0.2) is 5.69 Å². The first-order chi connectivity index (χ1) is 15.4. The van der Waals surface area contributed by atoms with Gasteiger partial charge in [0.1, 0.15) is 5.82 Å². The number of hydrogen-bond acceptors (Lipinski definition) is 7. The monoisotopic (exact) mass is 460 g/mol. The summed E-state index contributed by atoms with van der Waals surface area (Å²) >= 11 is 0. The zero-order valence-electron chi connectivity index (χ0n) is 17.1. The molecule has 0 unspecified atom stereocenters. The molecule has 1 fully saturated rings. The maximum atomic E-state index is 14.2. The predicted molar refractivity (Wildman–Crippen MR) is 109 cm³/mol. The van der Waals surface area contributed by atoms with Gasteiger partial charge in [-0.3, -0.25) is 9.48 Å². The van der Waals surface area contributed by atoms with Crippen molar-refractivity contribution in [3.63, 3.8) is 0 Å². The van der Waals surface area contributed by atoms with Crippen LogP contribution in [0, 0.1) is 5.82 Å². The molecule has 0 saturated carbocycles. The smallest absolute Gasteiger partial charge is 0.274 e. The van der Waals surface area contributed by atoms with Crippen LogP contribution >= 0.6 is 0 Å². The number of fused-ring (bicyclic) bond motifs is 1. The molecule has 2 aromatic heterocycles. The number of sulfonamides is 1. The molecule has 11 nitrogen and oxygen atoms in total. The third-order valence-electron chi connectivity index (χ3n) is 5.82. The lowest BCUT2D eigenvalue weighted by Gasteiger charge is -2.33. The standard InChI is InChI=1S/C19H21FN8O3S/c20-16-5-4-14(12-15(16)18-21-24-25-22-18)32(30,31)27-9-7-26(8-10-27)19(29)17-11-13-3-1-2-6-28(13)23-17/h4-5,11-12H,1-3,6-10H2,(H,21,22,24,25). The minimum Gasteiger partial charge on any atom is -0.335 e. The minimum atomic E-state index is -3.89. The summed E-state index contributed by atoms with van der Waals surface area (Å²) in [6, 6.07) is 5.31. The van der Waals surface area contributed by atoms with E-state index in [4.69, 9.17) is 0 Å². The van der Waals surface area contributed by atoms with Crippen LogP contribution in [-0.4, -0.2) is 80.1 Å². The Kier molecular flexibility index (Phi) is 5.21. The molecule has 2 aliphatic heterocycles. The summed E-state index contributed by atoms with van der Waals surface area (Å²) in [6.07, 6.45) is 3.06. The molecule has 2 aliphatic rings. The Hall–Kier alpha value is -3.19. The van der Waals surface area contributed by atoms with Crippen molar-refractivity contribution in [3.05, 3.63) is 41.5 Å². The van der Waals surface area contributed by atoms with Crippen molar-refractivity contribution in [3.8, 4) is 11.4 Å². The maximum absolute atomic E-state index is 14.2. The van der Waals surface area contributed by atoms with Crippen LogP contribution in [0.1, 0.15) is 29.0 Å². The van der Waals surface area contributed by atoms with E-state index in [-0.39, 0.29) is 48.4 Å². The Morgan fingerprint density at radius 1 is 1.06 bits per heavy atom. The molecule has 0 spiro atoms. The van der Waals surface area contributed by atoms with Gasteiger partial charge in [0.2, 0.25) is 15.8 Å². The second-order valence-electron chi connectivity index (χ2n) is 7.77. The molecule has 1 saturated heterocycles. The largest absolute Gasteiger partial charge is 0.335 e. The maximum Gasteiger partial charge on any atom is 0.274 e. The first-order valence-electron chi connectivity index (χ1n) is 10.3. The van der Waals surface area contributed by atoms with E-state index in [1.807, 2.05) is 10.7 Å². The highest BCUT2D eigenvalue weighted by Crippen LogP contribution is 2.25. The zero-order chi connectivity index (χ0) is 22.3. The molecule has 13 heteroatoms. The van der Waals surface area contributed by atoms with Crippen LogP contribution < -0.4 is 0 Å². The average molecular weight is 460 g/mol. The van der Waals surface area contributed by atoms with E-state index in [0.29, 0.717) is 5.69 Å². The number of hydrogen-bond donors (Lipinski definition) is 1. The fourth-order valence-corrected chi connectivity index (χ4v) is 5.53. The quantitative estimate of drug-likeness (QED) is 0.606. The number of benzene rings is 1. The lowest BCUT2D eigenvalue weighted by Crippen LogP contribution is -2.50. The van der Waals surface area contributed by atoms with E-state index in [9.17, 15) is 17.6 Å². The van der Waals surface area contributed by atoms with Gasteiger partial charge in [-0.05, 0) is 48.7 Å². The van der Waals surface area contributed by atoms with Crippen LogP contribution in [-0.2, 0) is 23.0 Å². The van der Waals surface area contributed by atoms with Crippen molar-refractivity contribution >= 4 is 15.9 Å². The van der Waals surface area contributed by atoms with Crippen LogP contribution in [0.3, 0.4) is 0 Å². The molecule has 1 N–H and O–H groups in total. The number of nitrogens with one attached hydrogen (secondary N) is 1. The molecule has 0 atom stereocenters. The van der Waals surface area contributed by atoms with E-state index >= 15 is 0 Å². The van der Waals surface area contributed by atoms with Gasteiger partial charge in [0.25, 0.3) is 5.91 Å². The fourth-order valence-electron chi connectivity index (χ4n) is 4.08. The van der Waals surface area contributed by atoms with Crippen LogP contribution in [0.5, 0.6) is 0 Å². The van der Waals surface area contributed by atoms with E-state index < -0.39 is 15.8 Å². The van der Waals surface area contributed by atoms with E-state index in [2.05, 4.69) is 25.7 Å². The van der Waals surface area contributed by atoms with Crippen LogP contribution in [0.2, 0.25) is 0 Å². The first kappa shape index (κ1) is 20.7. The first-order valence-corrected chi connectivity index (χ1v) is 11.8. The molecular weight excluding hydrogens is 439 g/mol. The lowest BCUT2D eigenvalue weighted by molar-refractivity contribution is 0.0691. The number of aromatic nitrogens is 6. The van der Waals surface area contributed by atoms with Gasteiger partial charge in [-0.25, -0.2) is 12.8 Å². The Bertz CT molecular complexity index is 1230. The molecule has 32 heavy (non-hydrogen) atoms. The number of carbonyl (C=O) groups excluding carboxylic acids is 1. The normalized spacial score (nSPS) is 17.3. The van der Waals surface area contributed by atoms with Gasteiger partial charge in [0, 0.05) is 38.4 Å². The minimum absolute atomic E-state index is 0.0299. The molecule has 4 heterocycles. The third-order valence-corrected chi connectivity index (χ3v) is 7.72. The SMILES string of the molecule is O=C(c1cc2n(n1)CCCC2)N1CCN(S(=O)(=O)c2ccc(F)c(-c3nn[nH]n3)c2)CC1. The van der Waals surface area contributed by atoms with Crippen LogP contribution in [0.4, 0.5) is 4.39 Å². The summed E-state index contributed by atoms with van der Waals surface area (Å²) < 4.78 is 43.6. The summed E-state index contributed by atoms with van der Waals surface area (Å²) in [5.74, 6) is -0.869. The van der Waals surface area contributed by atoms with Crippen molar-refractivity contribution in [1.82, 2.24) is 39.6 Å². The molecular formula is C19H21FN8O3S. The second kappa shape index (κ2) is 8.06. The number of amides is 1. The Balaban J connectivity index is 1.30. The van der Waals surface area contributed by atoms with Crippen molar-refractivity contribution in [1.29, 1.82) is 0 Å². The number of aromatic amines is 1. The average Bonchev–Trinajstić information content (AvgIpc) is 3.49. The molecule has 1 aromatic carbocycles. The molecule has 0 bridgehead atoms. The van der Waals surface area contributed by atoms with E-state index in [1.165, 1.54) is 16.4 Å². The molecule has 168 valence electrons. The summed E-state index contributed by atoms with van der Waals surface area (Å²) in [5, 5.41) is 17.5. The van der Waals surface area contributed by atoms with Crippen LogP contribution in [0.15, 0.2) is 29.2 Å². The summed E-state index contributed by atoms with van der Waals surface area (Å²) in [4.78, 5) is 14.4. The highest BCUT2D eigenvalue weighted by molar-refractivity contribution is 7.89. The number of H-pyrrole nitrogens is 1. The zero-order valence-corrected chi connectivity index (χ0v) is 17.9. The molecule has 3 aromatic rings. The van der Waals surface area contributed by atoms with Crippen molar-refractivity contribution in [2.75, 3.05) is 26.2 Å². The van der Waals surface area contributed by atoms with Crippen molar-refractivity contribution in [2.45, 2.75) is 30.7 Å². The number of nitrogens with zero attached hydrogens (tertiary/aromatic N) is 7. The number of carbonyl (C=O) groups is 1. The Morgan fingerprint density at radius 3 is 2.59 bits per heavy atom. The lowest BCUT2D eigenvalue weighted by atomic mass is 10.1. The number of rotatable bonds is 4. The number of halogens is 1. The van der Waals surface area contributed by atoms with Gasteiger partial charge in [-0.2, -0.15) is 14.6 Å². The summed E-state index contributed by atoms with van der Waals surface area (Å²) in [7, 11) is -3.89. The fraction of sp³-hybridized carbons (Fsp3) is 0.421. The molecule has 5 rings (SSSR count). The Morgan fingerprint density at radius 2 is 1.88 bits per heavy atom. The van der Waals surface area contributed by atoms with Gasteiger partial charge in [-0.15, -0.1) is 10.2 Å². The van der Waals surface area contributed by atoms with E-state index in [0.717, 1.165) is 37.6 Å². The summed E-state index contributed by atoms with van der Waals surface area (Å²) in [6.45, 7) is 1.59. The summed E-state index contributed by atoms with van der Waals surface area (Å²) in [5.41, 5.74) is 1.41. The second-order valence-corrected chi connectivity index (χ2v) is 9.71. The Labute approximate surface area is 183 Å². The molecule has 0 radical (unpaired) electrons. The number of piperazine rings is 1. The van der Waals surface area contributed by atoms with Crippen LogP contribution in [0.25, 0.3) is 11.4 Å². The number of tetrazole rings is 1. The topological polar surface area (TPSA) is 130 Å².